The van der Waals surface area contributed by atoms with Crippen LogP contribution in [0.15, 0.2) is 42.5 Å². The molecule has 0 aromatic heterocycles. The number of carbonyl (C=O) groups excluding carboxylic acids is 2. The first-order valence-electron chi connectivity index (χ1n) is 10.5. The minimum Gasteiger partial charge on any atom is -0.497 e. The number of imide groups is 1. The lowest BCUT2D eigenvalue weighted by Crippen LogP contribution is -2.30. The molecule has 8 nitrogen and oxygen atoms in total. The van der Waals surface area contributed by atoms with E-state index in [1.165, 1.54) is 6.07 Å². The number of nitro benzene ring substituents is 1. The lowest BCUT2D eigenvalue weighted by atomic mass is 9.81. The number of amides is 2. The lowest BCUT2D eigenvalue weighted by Gasteiger charge is -2.19. The maximum atomic E-state index is 12.8. The smallest absolute Gasteiger partial charge is 0.294 e. The van der Waals surface area contributed by atoms with Crippen LogP contribution < -0.4 is 15.0 Å². The van der Waals surface area contributed by atoms with E-state index in [9.17, 15) is 19.7 Å². The number of nitrogens with zero attached hydrogens (tertiary/aromatic N) is 2. The van der Waals surface area contributed by atoms with Gasteiger partial charge < -0.3 is 10.1 Å². The predicted molar refractivity (Wildman–Crippen MR) is 116 cm³/mol. The molecule has 2 aliphatic rings. The molecule has 2 fully saturated rings. The molecule has 1 aliphatic heterocycles. The first-order chi connectivity index (χ1) is 15.0. The Morgan fingerprint density at radius 2 is 1.71 bits per heavy atom. The zero-order valence-corrected chi connectivity index (χ0v) is 17.4. The highest BCUT2D eigenvalue weighted by Crippen LogP contribution is 2.41. The fourth-order valence-electron chi connectivity index (χ4n) is 4.51. The summed E-state index contributed by atoms with van der Waals surface area (Å²) in [6.07, 6.45) is 3.96. The molecule has 4 rings (SSSR count). The van der Waals surface area contributed by atoms with Crippen LogP contribution in [0, 0.1) is 22.0 Å². The number of rotatable bonds is 7. The average Bonchev–Trinajstić information content (AvgIpc) is 3.04. The Kier molecular flexibility index (Phi) is 5.88. The van der Waals surface area contributed by atoms with Crippen molar-refractivity contribution in [1.29, 1.82) is 0 Å². The molecule has 1 N–H and O–H groups in total. The molecule has 162 valence electrons. The molecule has 1 aliphatic carbocycles. The van der Waals surface area contributed by atoms with Gasteiger partial charge in [-0.15, -0.1) is 0 Å². The number of hydrogen-bond acceptors (Lipinski definition) is 6. The van der Waals surface area contributed by atoms with Gasteiger partial charge in [0, 0.05) is 12.6 Å². The Morgan fingerprint density at radius 1 is 1.06 bits per heavy atom. The molecule has 0 spiro atoms. The maximum absolute atomic E-state index is 12.8. The molecule has 2 aromatic rings. The minimum atomic E-state index is -0.489. The number of fused-ring (bicyclic) bond motifs is 1. The summed E-state index contributed by atoms with van der Waals surface area (Å²) < 4.78 is 5.14. The van der Waals surface area contributed by atoms with E-state index in [0.717, 1.165) is 29.1 Å². The number of anilines is 2. The molecule has 2 aromatic carbocycles. The van der Waals surface area contributed by atoms with E-state index in [-0.39, 0.29) is 35.0 Å². The second-order valence-electron chi connectivity index (χ2n) is 7.99. The van der Waals surface area contributed by atoms with Gasteiger partial charge in [-0.1, -0.05) is 25.0 Å². The second kappa shape index (κ2) is 8.75. The van der Waals surface area contributed by atoms with E-state index < -0.39 is 4.92 Å². The zero-order valence-electron chi connectivity index (χ0n) is 17.4. The molecule has 1 heterocycles. The van der Waals surface area contributed by atoms with Crippen molar-refractivity contribution in [1.82, 2.24) is 0 Å². The summed E-state index contributed by atoms with van der Waals surface area (Å²) in [5, 5.41) is 14.8. The summed E-state index contributed by atoms with van der Waals surface area (Å²) in [5.41, 5.74) is 1.56. The summed E-state index contributed by atoms with van der Waals surface area (Å²) >= 11 is 0. The number of carbonyl (C=O) groups is 2. The Morgan fingerprint density at radius 3 is 2.29 bits per heavy atom. The summed E-state index contributed by atoms with van der Waals surface area (Å²) in [6, 6.07) is 12.1. The molecular weight excluding hydrogens is 398 g/mol. The predicted octanol–water partition coefficient (Wildman–Crippen LogP) is 3.94. The number of methoxy groups -OCH3 is 1. The van der Waals surface area contributed by atoms with Crippen LogP contribution in [0.3, 0.4) is 0 Å². The van der Waals surface area contributed by atoms with Crippen molar-refractivity contribution in [3.8, 4) is 5.75 Å². The van der Waals surface area contributed by atoms with Gasteiger partial charge >= 0.3 is 0 Å². The Bertz CT molecular complexity index is 981. The quantitative estimate of drug-likeness (QED) is 0.411. The third-order valence-electron chi connectivity index (χ3n) is 6.17. The summed E-state index contributed by atoms with van der Waals surface area (Å²) in [5.74, 6) is -0.271. The third-order valence-corrected chi connectivity index (χ3v) is 6.17. The molecule has 0 bridgehead atoms. The fraction of sp³-hybridized carbons (Fsp3) is 0.391. The second-order valence-corrected chi connectivity index (χ2v) is 7.99. The monoisotopic (exact) mass is 423 g/mol. The van der Waals surface area contributed by atoms with Crippen molar-refractivity contribution in [2.24, 2.45) is 11.8 Å². The molecule has 0 radical (unpaired) electrons. The van der Waals surface area contributed by atoms with Gasteiger partial charge in [0.25, 0.3) is 5.69 Å². The van der Waals surface area contributed by atoms with Crippen LogP contribution in [0.25, 0.3) is 0 Å². The van der Waals surface area contributed by atoms with Crippen LogP contribution in [0.1, 0.15) is 31.2 Å². The lowest BCUT2D eigenvalue weighted by molar-refractivity contribution is -0.383. The third kappa shape index (κ3) is 4.10. The first-order valence-corrected chi connectivity index (χ1v) is 10.5. The SMILES string of the molecule is COc1ccc(CCNc2ccc(N3C(=O)[C@H]4CCCC[C@@H]4C3=O)cc2[N+](=O)[O-])cc1. The maximum Gasteiger partial charge on any atom is 0.294 e. The molecule has 0 unspecified atom stereocenters. The molecular formula is C23H25N3O5. The highest BCUT2D eigenvalue weighted by Gasteiger charge is 2.49. The van der Waals surface area contributed by atoms with Gasteiger partial charge in [-0.2, -0.15) is 0 Å². The summed E-state index contributed by atoms with van der Waals surface area (Å²) in [4.78, 5) is 37.9. The molecule has 2 atom stereocenters. The number of ether oxygens (including phenoxy) is 1. The van der Waals surface area contributed by atoms with Gasteiger partial charge in [0.1, 0.15) is 11.4 Å². The van der Waals surface area contributed by atoms with Gasteiger partial charge in [0.05, 0.1) is 29.6 Å². The van der Waals surface area contributed by atoms with Crippen molar-refractivity contribution >= 4 is 28.9 Å². The van der Waals surface area contributed by atoms with Crippen LogP contribution in [0.5, 0.6) is 5.75 Å². The van der Waals surface area contributed by atoms with Crippen LogP contribution in [0.2, 0.25) is 0 Å². The zero-order chi connectivity index (χ0) is 22.0. The molecule has 1 saturated heterocycles. The van der Waals surface area contributed by atoms with E-state index in [4.69, 9.17) is 4.74 Å². The summed E-state index contributed by atoms with van der Waals surface area (Å²) in [7, 11) is 1.61. The topological polar surface area (TPSA) is 102 Å². The van der Waals surface area contributed by atoms with E-state index in [2.05, 4.69) is 5.32 Å². The van der Waals surface area contributed by atoms with Crippen molar-refractivity contribution in [2.45, 2.75) is 32.1 Å². The number of nitro groups is 1. The number of benzene rings is 2. The van der Waals surface area contributed by atoms with Gasteiger partial charge in [0.2, 0.25) is 11.8 Å². The van der Waals surface area contributed by atoms with E-state index in [0.29, 0.717) is 31.5 Å². The number of hydrogen-bond donors (Lipinski definition) is 1. The largest absolute Gasteiger partial charge is 0.497 e. The van der Waals surface area contributed by atoms with Gasteiger partial charge in [-0.25, -0.2) is 4.90 Å². The van der Waals surface area contributed by atoms with Crippen LogP contribution in [-0.4, -0.2) is 30.4 Å². The molecule has 31 heavy (non-hydrogen) atoms. The molecule has 8 heteroatoms. The van der Waals surface area contributed by atoms with E-state index >= 15 is 0 Å². The fourth-order valence-corrected chi connectivity index (χ4v) is 4.51. The van der Waals surface area contributed by atoms with Crippen LogP contribution in [-0.2, 0) is 16.0 Å². The van der Waals surface area contributed by atoms with E-state index in [1.54, 1.807) is 19.2 Å². The van der Waals surface area contributed by atoms with Gasteiger partial charge in [0.15, 0.2) is 0 Å². The highest BCUT2D eigenvalue weighted by atomic mass is 16.6. The van der Waals surface area contributed by atoms with Crippen LogP contribution >= 0.6 is 0 Å². The highest BCUT2D eigenvalue weighted by molar-refractivity contribution is 6.22. The molecule has 2 amide bonds. The van der Waals surface area contributed by atoms with Crippen molar-refractivity contribution in [3.05, 3.63) is 58.1 Å². The Hall–Kier alpha value is -3.42. The number of nitrogens with one attached hydrogen (secondary N) is 1. The van der Waals surface area contributed by atoms with Crippen molar-refractivity contribution in [2.75, 3.05) is 23.9 Å². The van der Waals surface area contributed by atoms with Crippen molar-refractivity contribution < 1.29 is 19.2 Å². The summed E-state index contributed by atoms with van der Waals surface area (Å²) in [6.45, 7) is 0.498. The van der Waals surface area contributed by atoms with Crippen LogP contribution in [0.4, 0.5) is 17.1 Å². The normalized spacial score (nSPS) is 20.5. The first kappa shape index (κ1) is 20.8. The standard InChI is InChI=1S/C23H25N3O5/c1-31-17-9-6-15(7-10-17)12-13-24-20-11-8-16(14-21(20)26(29)30)25-22(27)18-4-2-3-5-19(18)23(25)28/h6-11,14,18-19,24H,2-5,12-13H2,1H3/t18-,19-/m0/s1. The molecule has 1 saturated carbocycles. The van der Waals surface area contributed by atoms with E-state index in [1.807, 2.05) is 24.3 Å². The average molecular weight is 423 g/mol. The Labute approximate surface area is 180 Å². The van der Waals surface area contributed by atoms with Gasteiger partial charge in [-0.05, 0) is 49.1 Å². The minimum absolute atomic E-state index is 0.150. The van der Waals surface area contributed by atoms with Gasteiger partial charge in [-0.3, -0.25) is 19.7 Å². The Balaban J connectivity index is 1.49. The van der Waals surface area contributed by atoms with Crippen molar-refractivity contribution in [3.63, 3.8) is 0 Å².